The molecule has 198 valence electrons. The Morgan fingerprint density at radius 2 is 1.06 bits per heavy atom. The topological polar surface area (TPSA) is 83.1 Å². The van der Waals surface area contributed by atoms with Gasteiger partial charge in [0.25, 0.3) is 0 Å². The van der Waals surface area contributed by atoms with Gasteiger partial charge in [-0.15, -0.1) is 0 Å². The number of urea groups is 2. The molecule has 0 unspecified atom stereocenters. The number of hydrogen-bond acceptors (Lipinski definition) is 4. The first-order chi connectivity index (χ1) is 17.5. The monoisotopic (exact) mass is 498 g/mol. The molecule has 0 radical (unpaired) electrons. The molecule has 0 aliphatic carbocycles. The van der Waals surface area contributed by atoms with Gasteiger partial charge in [0.05, 0.1) is 26.3 Å². The van der Waals surface area contributed by atoms with E-state index in [1.54, 1.807) is 24.0 Å². The summed E-state index contributed by atoms with van der Waals surface area (Å²) in [5.74, 6) is 0. The Hall–Kier alpha value is -3.10. The third kappa shape index (κ3) is 9.51. The molecule has 0 aliphatic heterocycles. The molecule has 2 aromatic rings. The smallest absolute Gasteiger partial charge is 0.321 e. The molecular formula is C28H42N4O4. The zero-order valence-corrected chi connectivity index (χ0v) is 22.2. The Kier molecular flexibility index (Phi) is 13.4. The number of para-hydroxylation sites is 2. The predicted molar refractivity (Wildman–Crippen MR) is 146 cm³/mol. The average Bonchev–Trinajstić information content (AvgIpc) is 2.88. The van der Waals surface area contributed by atoms with E-state index in [1.807, 2.05) is 62.4 Å². The van der Waals surface area contributed by atoms with Crippen LogP contribution in [0.4, 0.5) is 21.0 Å². The number of nitrogens with zero attached hydrogens (tertiary/aromatic N) is 2. The highest BCUT2D eigenvalue weighted by atomic mass is 16.5. The van der Waals surface area contributed by atoms with Crippen molar-refractivity contribution in [3.8, 4) is 0 Å². The largest absolute Gasteiger partial charge is 0.383 e. The summed E-state index contributed by atoms with van der Waals surface area (Å²) in [6.45, 7) is 7.16. The van der Waals surface area contributed by atoms with Crippen LogP contribution in [-0.4, -0.2) is 65.7 Å². The van der Waals surface area contributed by atoms with Gasteiger partial charge < -0.3 is 20.1 Å². The molecule has 2 N–H and O–H groups in total. The number of anilines is 2. The van der Waals surface area contributed by atoms with Crippen LogP contribution in [0.2, 0.25) is 0 Å². The molecule has 0 fully saturated rings. The number of nitrogens with one attached hydrogen (secondary N) is 2. The van der Waals surface area contributed by atoms with E-state index in [9.17, 15) is 9.59 Å². The van der Waals surface area contributed by atoms with Crippen molar-refractivity contribution in [3.05, 3.63) is 59.7 Å². The predicted octanol–water partition coefficient (Wildman–Crippen LogP) is 4.89. The molecule has 36 heavy (non-hydrogen) atoms. The molecule has 0 spiro atoms. The van der Waals surface area contributed by atoms with Crippen LogP contribution in [0, 0.1) is 13.8 Å². The van der Waals surface area contributed by atoms with Crippen molar-refractivity contribution in [2.75, 3.05) is 63.4 Å². The van der Waals surface area contributed by atoms with Gasteiger partial charge in [-0.1, -0.05) is 49.2 Å². The second-order valence-electron chi connectivity index (χ2n) is 8.74. The van der Waals surface area contributed by atoms with E-state index in [0.29, 0.717) is 39.4 Å². The second kappa shape index (κ2) is 16.5. The summed E-state index contributed by atoms with van der Waals surface area (Å²) < 4.78 is 10.4. The summed E-state index contributed by atoms with van der Waals surface area (Å²) >= 11 is 0. The molecule has 2 aromatic carbocycles. The zero-order chi connectivity index (χ0) is 26.2. The lowest BCUT2D eigenvalue weighted by atomic mass is 10.2. The van der Waals surface area contributed by atoms with Crippen molar-refractivity contribution < 1.29 is 19.1 Å². The summed E-state index contributed by atoms with van der Waals surface area (Å²) in [6.07, 6.45) is 3.72. The van der Waals surface area contributed by atoms with Crippen LogP contribution in [0.25, 0.3) is 0 Å². The Labute approximate surface area is 215 Å². The van der Waals surface area contributed by atoms with Crippen LogP contribution in [0.3, 0.4) is 0 Å². The first-order valence-electron chi connectivity index (χ1n) is 12.7. The van der Waals surface area contributed by atoms with Gasteiger partial charge in [-0.3, -0.25) is 9.80 Å². The molecule has 4 amide bonds. The van der Waals surface area contributed by atoms with Gasteiger partial charge in [0, 0.05) is 38.7 Å². The van der Waals surface area contributed by atoms with Crippen LogP contribution in [0.1, 0.15) is 36.8 Å². The number of benzene rings is 2. The van der Waals surface area contributed by atoms with E-state index >= 15 is 0 Å². The molecule has 0 aliphatic rings. The van der Waals surface area contributed by atoms with Gasteiger partial charge in [0.2, 0.25) is 0 Å². The molecular weight excluding hydrogens is 456 g/mol. The van der Waals surface area contributed by atoms with E-state index in [0.717, 1.165) is 48.2 Å². The van der Waals surface area contributed by atoms with Crippen LogP contribution in [-0.2, 0) is 9.47 Å². The summed E-state index contributed by atoms with van der Waals surface area (Å²) in [5.41, 5.74) is 3.89. The maximum atomic E-state index is 12.8. The van der Waals surface area contributed by atoms with Gasteiger partial charge in [-0.2, -0.15) is 0 Å². The minimum Gasteiger partial charge on any atom is -0.383 e. The number of unbranched alkanes of at least 4 members (excludes halogenated alkanes) is 3. The molecule has 0 atom stereocenters. The lowest BCUT2D eigenvalue weighted by molar-refractivity contribution is 0.202. The van der Waals surface area contributed by atoms with Crippen molar-refractivity contribution in [1.82, 2.24) is 10.6 Å². The van der Waals surface area contributed by atoms with Crippen LogP contribution in [0.5, 0.6) is 0 Å². The molecule has 8 nitrogen and oxygen atoms in total. The summed E-state index contributed by atoms with van der Waals surface area (Å²) in [5, 5.41) is 6.06. The van der Waals surface area contributed by atoms with E-state index in [2.05, 4.69) is 10.6 Å². The number of carbonyl (C=O) groups excluding carboxylic acids is 2. The highest BCUT2D eigenvalue weighted by Gasteiger charge is 2.17. The maximum Gasteiger partial charge on any atom is 0.321 e. The minimum atomic E-state index is -0.110. The van der Waals surface area contributed by atoms with E-state index in [1.165, 1.54) is 0 Å². The lowest BCUT2D eigenvalue weighted by Gasteiger charge is -2.25. The van der Waals surface area contributed by atoms with Crippen molar-refractivity contribution in [2.45, 2.75) is 39.5 Å². The minimum absolute atomic E-state index is 0.110. The van der Waals surface area contributed by atoms with Crippen molar-refractivity contribution >= 4 is 23.4 Å². The quantitative estimate of drug-likeness (QED) is 0.343. The molecule has 0 aromatic heterocycles. The Balaban J connectivity index is 1.70. The Morgan fingerprint density at radius 1 is 0.667 bits per heavy atom. The van der Waals surface area contributed by atoms with Crippen LogP contribution in [0.15, 0.2) is 48.5 Å². The SMILES string of the molecule is COCCN(C(=O)NCCCCCCNC(=O)N(CCOC)c1ccccc1C)c1ccccc1C. The molecule has 0 saturated carbocycles. The molecule has 0 saturated heterocycles. The lowest BCUT2D eigenvalue weighted by Crippen LogP contribution is -2.42. The highest BCUT2D eigenvalue weighted by Crippen LogP contribution is 2.20. The van der Waals surface area contributed by atoms with Gasteiger partial charge in [-0.05, 0) is 49.9 Å². The molecule has 8 heteroatoms. The zero-order valence-electron chi connectivity index (χ0n) is 22.2. The number of methoxy groups -OCH3 is 2. The first-order valence-corrected chi connectivity index (χ1v) is 12.7. The summed E-state index contributed by atoms with van der Waals surface area (Å²) in [7, 11) is 3.27. The van der Waals surface area contributed by atoms with Crippen molar-refractivity contribution in [1.29, 1.82) is 0 Å². The second-order valence-corrected chi connectivity index (χ2v) is 8.74. The van der Waals surface area contributed by atoms with Gasteiger partial charge in [-0.25, -0.2) is 9.59 Å². The fourth-order valence-corrected chi connectivity index (χ4v) is 3.95. The maximum absolute atomic E-state index is 12.8. The van der Waals surface area contributed by atoms with Crippen LogP contribution < -0.4 is 20.4 Å². The fraction of sp³-hybridized carbons (Fsp3) is 0.500. The summed E-state index contributed by atoms with van der Waals surface area (Å²) in [4.78, 5) is 29.0. The van der Waals surface area contributed by atoms with Crippen LogP contribution >= 0.6 is 0 Å². The number of rotatable bonds is 15. The van der Waals surface area contributed by atoms with Gasteiger partial charge >= 0.3 is 12.1 Å². The first kappa shape index (κ1) is 29.1. The van der Waals surface area contributed by atoms with Gasteiger partial charge in [0.1, 0.15) is 0 Å². The number of aryl methyl sites for hydroxylation is 2. The van der Waals surface area contributed by atoms with Crippen molar-refractivity contribution in [2.24, 2.45) is 0 Å². The van der Waals surface area contributed by atoms with E-state index in [-0.39, 0.29) is 12.1 Å². The number of ether oxygens (including phenoxy) is 2. The molecule has 2 rings (SSSR count). The third-order valence-electron chi connectivity index (χ3n) is 6.00. The third-order valence-corrected chi connectivity index (χ3v) is 6.00. The Bertz CT molecular complexity index is 862. The number of carbonyl (C=O) groups is 2. The molecule has 0 heterocycles. The van der Waals surface area contributed by atoms with Gasteiger partial charge in [0.15, 0.2) is 0 Å². The van der Waals surface area contributed by atoms with E-state index < -0.39 is 0 Å². The standard InChI is InChI=1S/C28H42N4O4/c1-23-13-7-9-15-25(23)31(19-21-35-3)27(33)29-17-11-5-6-12-18-30-28(34)32(20-22-36-4)26-16-10-8-14-24(26)2/h7-10,13-16H,5-6,11-12,17-22H2,1-4H3,(H,29,33)(H,30,34). The normalized spacial score (nSPS) is 10.7. The molecule has 0 bridgehead atoms. The average molecular weight is 499 g/mol. The number of amides is 4. The summed E-state index contributed by atoms with van der Waals surface area (Å²) in [6, 6.07) is 15.5. The van der Waals surface area contributed by atoms with E-state index in [4.69, 9.17) is 9.47 Å². The highest BCUT2D eigenvalue weighted by molar-refractivity contribution is 5.93. The van der Waals surface area contributed by atoms with Crippen molar-refractivity contribution in [3.63, 3.8) is 0 Å². The Morgan fingerprint density at radius 3 is 1.42 bits per heavy atom. The fourth-order valence-electron chi connectivity index (χ4n) is 3.95. The number of hydrogen-bond donors (Lipinski definition) is 2.